The van der Waals surface area contributed by atoms with E-state index < -0.39 is 0 Å². The number of rotatable bonds is 5. The molecule has 1 aliphatic heterocycles. The third-order valence-electron chi connectivity index (χ3n) is 5.19. The van der Waals surface area contributed by atoms with Crippen molar-refractivity contribution >= 4 is 11.7 Å². The van der Waals surface area contributed by atoms with Gasteiger partial charge < -0.3 is 4.90 Å². The molecule has 3 aromatic rings. The number of aromatic nitrogens is 3. The number of nitrogens with zero attached hydrogens (tertiary/aromatic N) is 4. The van der Waals surface area contributed by atoms with Crippen LogP contribution in [0.3, 0.4) is 0 Å². The summed E-state index contributed by atoms with van der Waals surface area (Å²) in [6.07, 6.45) is 4.58. The van der Waals surface area contributed by atoms with Gasteiger partial charge in [-0.25, -0.2) is 9.67 Å². The normalized spacial score (nSPS) is 16.7. The van der Waals surface area contributed by atoms with Gasteiger partial charge in [-0.15, -0.1) is 0 Å². The zero-order chi connectivity index (χ0) is 19.3. The fourth-order valence-corrected chi connectivity index (χ4v) is 3.66. The molecule has 6 nitrogen and oxygen atoms in total. The molecule has 4 rings (SSSR count). The number of Topliss-reactive ketones (excluding diaryl/α,β-unsaturated/α-hetero) is 1. The molecule has 1 fully saturated rings. The van der Waals surface area contributed by atoms with Gasteiger partial charge in [0.25, 0.3) is 0 Å². The van der Waals surface area contributed by atoms with E-state index in [1.54, 1.807) is 4.90 Å². The zero-order valence-corrected chi connectivity index (χ0v) is 15.6. The topological polar surface area (TPSA) is 68.1 Å². The minimum Gasteiger partial charge on any atom is -0.340 e. The van der Waals surface area contributed by atoms with Crippen molar-refractivity contribution in [2.24, 2.45) is 5.92 Å². The Bertz CT molecular complexity index is 936. The highest BCUT2D eigenvalue weighted by Gasteiger charge is 2.29. The molecular formula is C22H22N4O2. The van der Waals surface area contributed by atoms with Crippen LogP contribution in [0, 0.1) is 5.92 Å². The largest absolute Gasteiger partial charge is 0.340 e. The van der Waals surface area contributed by atoms with Crippen molar-refractivity contribution in [1.29, 1.82) is 0 Å². The predicted molar refractivity (Wildman–Crippen MR) is 106 cm³/mol. The van der Waals surface area contributed by atoms with Crippen molar-refractivity contribution in [3.63, 3.8) is 0 Å². The highest BCUT2D eigenvalue weighted by molar-refractivity contribution is 5.98. The van der Waals surface area contributed by atoms with E-state index in [-0.39, 0.29) is 24.2 Å². The first-order chi connectivity index (χ1) is 13.7. The molecule has 6 heteroatoms. The smallest absolute Gasteiger partial charge is 0.244 e. The van der Waals surface area contributed by atoms with Crippen molar-refractivity contribution < 1.29 is 9.59 Å². The Hall–Kier alpha value is -3.28. The minimum atomic E-state index is -0.156. The first kappa shape index (κ1) is 18.1. The number of likely N-dealkylation sites (tertiary alicyclic amines) is 1. The van der Waals surface area contributed by atoms with Crippen molar-refractivity contribution in [2.75, 3.05) is 13.1 Å². The Kier molecular flexibility index (Phi) is 5.28. The summed E-state index contributed by atoms with van der Waals surface area (Å²) in [4.78, 5) is 31.1. The van der Waals surface area contributed by atoms with E-state index in [1.165, 1.54) is 17.3 Å². The van der Waals surface area contributed by atoms with Crippen molar-refractivity contribution in [3.8, 4) is 11.1 Å². The predicted octanol–water partition coefficient (Wildman–Crippen LogP) is 3.07. The van der Waals surface area contributed by atoms with Crippen LogP contribution >= 0.6 is 0 Å². The zero-order valence-electron chi connectivity index (χ0n) is 15.6. The molecule has 1 amide bonds. The third-order valence-corrected chi connectivity index (χ3v) is 5.19. The van der Waals surface area contributed by atoms with Crippen LogP contribution in [-0.2, 0) is 11.3 Å². The van der Waals surface area contributed by atoms with Gasteiger partial charge in [-0.05, 0) is 24.0 Å². The van der Waals surface area contributed by atoms with E-state index in [0.29, 0.717) is 18.7 Å². The summed E-state index contributed by atoms with van der Waals surface area (Å²) >= 11 is 0. The molecule has 1 atom stereocenters. The summed E-state index contributed by atoms with van der Waals surface area (Å²) in [7, 11) is 0. The van der Waals surface area contributed by atoms with E-state index in [1.807, 2.05) is 42.5 Å². The van der Waals surface area contributed by atoms with Gasteiger partial charge >= 0.3 is 0 Å². The molecule has 0 unspecified atom stereocenters. The average molecular weight is 374 g/mol. The lowest BCUT2D eigenvalue weighted by atomic mass is 9.89. The summed E-state index contributed by atoms with van der Waals surface area (Å²) in [5.41, 5.74) is 2.92. The lowest BCUT2D eigenvalue weighted by Crippen LogP contribution is -2.43. The Balaban J connectivity index is 1.42. The first-order valence-corrected chi connectivity index (χ1v) is 9.50. The summed E-state index contributed by atoms with van der Waals surface area (Å²) in [5.74, 6) is -0.0729. The second-order valence-corrected chi connectivity index (χ2v) is 7.08. The number of hydrogen-bond donors (Lipinski definition) is 0. The van der Waals surface area contributed by atoms with Gasteiger partial charge in [-0.3, -0.25) is 9.59 Å². The molecule has 2 heterocycles. The summed E-state index contributed by atoms with van der Waals surface area (Å²) in [6, 6.07) is 17.8. The summed E-state index contributed by atoms with van der Waals surface area (Å²) < 4.78 is 1.51. The van der Waals surface area contributed by atoms with Gasteiger partial charge in [-0.2, -0.15) is 5.10 Å². The molecule has 0 bridgehead atoms. The quantitative estimate of drug-likeness (QED) is 0.644. The molecule has 142 valence electrons. The van der Waals surface area contributed by atoms with Crippen LogP contribution < -0.4 is 0 Å². The highest BCUT2D eigenvalue weighted by atomic mass is 16.2. The Morgan fingerprint density at radius 2 is 1.75 bits per heavy atom. The van der Waals surface area contributed by atoms with Crippen LogP contribution in [-0.4, -0.2) is 44.4 Å². The SMILES string of the molecule is O=C(c1ccc(-c2ccccc2)cc1)[C@@H]1CCCN(C(=O)Cn2cncn2)C1. The lowest BCUT2D eigenvalue weighted by molar-refractivity contribution is -0.133. The molecule has 0 aliphatic carbocycles. The number of benzene rings is 2. The molecule has 0 N–H and O–H groups in total. The average Bonchev–Trinajstić information content (AvgIpc) is 3.27. The second kappa shape index (κ2) is 8.17. The fourth-order valence-electron chi connectivity index (χ4n) is 3.66. The van der Waals surface area contributed by atoms with Crippen LogP contribution in [0.2, 0.25) is 0 Å². The van der Waals surface area contributed by atoms with E-state index >= 15 is 0 Å². The maximum absolute atomic E-state index is 13.0. The minimum absolute atomic E-state index is 0.0255. The van der Waals surface area contributed by atoms with Gasteiger partial charge in [0, 0.05) is 24.6 Å². The number of piperidine rings is 1. The Morgan fingerprint density at radius 1 is 1.00 bits per heavy atom. The number of hydrogen-bond acceptors (Lipinski definition) is 4. The van der Waals surface area contributed by atoms with Crippen LogP contribution in [0.15, 0.2) is 67.3 Å². The molecule has 0 saturated carbocycles. The van der Waals surface area contributed by atoms with E-state index in [0.717, 1.165) is 24.0 Å². The molecule has 0 spiro atoms. The van der Waals surface area contributed by atoms with E-state index in [4.69, 9.17) is 0 Å². The Labute approximate surface area is 163 Å². The standard InChI is InChI=1S/C22H22N4O2/c27-21(14-26-16-23-15-24-26)25-12-4-7-20(13-25)22(28)19-10-8-18(9-11-19)17-5-2-1-3-6-17/h1-3,5-6,8-11,15-16,20H,4,7,12-14H2/t20-/m1/s1. The van der Waals surface area contributed by atoms with Gasteiger partial charge in [0.05, 0.1) is 0 Å². The van der Waals surface area contributed by atoms with Crippen LogP contribution in [0.1, 0.15) is 23.2 Å². The van der Waals surface area contributed by atoms with Crippen LogP contribution in [0.5, 0.6) is 0 Å². The van der Waals surface area contributed by atoms with Crippen molar-refractivity contribution in [3.05, 3.63) is 72.8 Å². The van der Waals surface area contributed by atoms with Crippen molar-refractivity contribution in [2.45, 2.75) is 19.4 Å². The number of ketones is 1. The molecule has 28 heavy (non-hydrogen) atoms. The maximum atomic E-state index is 13.0. The van der Waals surface area contributed by atoms with E-state index in [9.17, 15) is 9.59 Å². The van der Waals surface area contributed by atoms with Gasteiger partial charge in [0.1, 0.15) is 19.2 Å². The molecule has 1 aromatic heterocycles. The highest BCUT2D eigenvalue weighted by Crippen LogP contribution is 2.24. The third kappa shape index (κ3) is 4.01. The van der Waals surface area contributed by atoms with Gasteiger partial charge in [0.2, 0.25) is 5.91 Å². The summed E-state index contributed by atoms with van der Waals surface area (Å²) in [5, 5.41) is 3.98. The number of carbonyl (C=O) groups is 2. The summed E-state index contributed by atoms with van der Waals surface area (Å²) in [6.45, 7) is 1.31. The van der Waals surface area contributed by atoms with Crippen molar-refractivity contribution in [1.82, 2.24) is 19.7 Å². The van der Waals surface area contributed by atoms with Crippen LogP contribution in [0.25, 0.3) is 11.1 Å². The molecule has 1 saturated heterocycles. The van der Waals surface area contributed by atoms with Gasteiger partial charge in [0.15, 0.2) is 5.78 Å². The maximum Gasteiger partial charge on any atom is 0.244 e. The van der Waals surface area contributed by atoms with E-state index in [2.05, 4.69) is 22.2 Å². The molecular weight excluding hydrogens is 352 g/mol. The fraction of sp³-hybridized carbons (Fsp3) is 0.273. The van der Waals surface area contributed by atoms with Gasteiger partial charge in [-0.1, -0.05) is 54.6 Å². The first-order valence-electron chi connectivity index (χ1n) is 9.50. The molecule has 0 radical (unpaired) electrons. The second-order valence-electron chi connectivity index (χ2n) is 7.08. The molecule has 2 aromatic carbocycles. The van der Waals surface area contributed by atoms with Crippen LogP contribution in [0.4, 0.5) is 0 Å². The number of amides is 1. The Morgan fingerprint density at radius 3 is 2.46 bits per heavy atom. The molecule has 1 aliphatic rings. The number of carbonyl (C=O) groups excluding carboxylic acids is 2. The lowest BCUT2D eigenvalue weighted by Gasteiger charge is -2.32. The monoisotopic (exact) mass is 374 g/mol.